The highest BCUT2D eigenvalue weighted by Crippen LogP contribution is 2.38. The van der Waals surface area contributed by atoms with Gasteiger partial charge in [-0.2, -0.15) is 0 Å². The summed E-state index contributed by atoms with van der Waals surface area (Å²) in [6, 6.07) is 10.3. The fourth-order valence-corrected chi connectivity index (χ4v) is 3.85. The zero-order valence-corrected chi connectivity index (χ0v) is 17.2. The summed E-state index contributed by atoms with van der Waals surface area (Å²) < 4.78 is 10.7. The maximum absolute atomic E-state index is 13.3. The van der Waals surface area contributed by atoms with Gasteiger partial charge in [0.25, 0.3) is 5.91 Å². The van der Waals surface area contributed by atoms with Crippen LogP contribution >= 0.6 is 0 Å². The number of benzene rings is 1. The van der Waals surface area contributed by atoms with Gasteiger partial charge in [0.05, 0.1) is 38.1 Å². The first-order valence-corrected chi connectivity index (χ1v) is 9.71. The van der Waals surface area contributed by atoms with Crippen molar-refractivity contribution in [3.05, 3.63) is 65.1 Å². The van der Waals surface area contributed by atoms with Gasteiger partial charge in [0.1, 0.15) is 11.5 Å². The van der Waals surface area contributed by atoms with Crippen LogP contribution in [0.2, 0.25) is 0 Å². The lowest BCUT2D eigenvalue weighted by atomic mass is 9.95. The van der Waals surface area contributed by atoms with E-state index in [9.17, 15) is 9.59 Å². The van der Waals surface area contributed by atoms with Crippen LogP contribution in [0.4, 0.5) is 4.79 Å². The van der Waals surface area contributed by atoms with Gasteiger partial charge < -0.3 is 19.7 Å². The summed E-state index contributed by atoms with van der Waals surface area (Å²) >= 11 is 0. The Balaban J connectivity index is 1.64. The minimum atomic E-state index is -0.569. The van der Waals surface area contributed by atoms with Crippen molar-refractivity contribution in [1.29, 1.82) is 0 Å². The number of hydrogen-bond acceptors (Lipinski definition) is 5. The molecule has 1 N–H and O–H groups in total. The first-order valence-electron chi connectivity index (χ1n) is 9.71. The van der Waals surface area contributed by atoms with Crippen molar-refractivity contribution in [2.75, 3.05) is 34.4 Å². The standard InChI is InChI=1S/C22H24N4O4/c1-25-18-13-26(9-7-15-6-4-5-8-23-15)21(27)19(18)20(24-22(25)28)14-10-16(29-2)12-17(11-14)30-3/h4-6,8,10-12,20H,7,9,13H2,1-3H3,(H,24,28)/t20-/m1/s1. The Morgan fingerprint density at radius 2 is 1.87 bits per heavy atom. The second-order valence-electron chi connectivity index (χ2n) is 7.25. The number of nitrogens with zero attached hydrogens (tertiary/aromatic N) is 3. The van der Waals surface area contributed by atoms with Crippen molar-refractivity contribution < 1.29 is 19.1 Å². The Hall–Kier alpha value is -3.55. The molecule has 1 aromatic heterocycles. The molecule has 156 valence electrons. The van der Waals surface area contributed by atoms with E-state index in [2.05, 4.69) is 10.3 Å². The fourth-order valence-electron chi connectivity index (χ4n) is 3.85. The van der Waals surface area contributed by atoms with Crippen LogP contribution in [0.5, 0.6) is 11.5 Å². The molecule has 0 radical (unpaired) electrons. The third-order valence-corrected chi connectivity index (χ3v) is 5.51. The number of methoxy groups -OCH3 is 2. The quantitative estimate of drug-likeness (QED) is 0.792. The lowest BCUT2D eigenvalue weighted by molar-refractivity contribution is -0.125. The molecule has 3 amide bonds. The fraction of sp³-hybridized carbons (Fsp3) is 0.318. The summed E-state index contributed by atoms with van der Waals surface area (Å²) in [7, 11) is 4.82. The van der Waals surface area contributed by atoms with Crippen molar-refractivity contribution >= 4 is 11.9 Å². The molecule has 3 heterocycles. The number of amides is 3. The molecule has 2 aromatic rings. The Labute approximate surface area is 175 Å². The number of hydrogen-bond donors (Lipinski definition) is 1. The molecule has 1 atom stereocenters. The van der Waals surface area contributed by atoms with Crippen LogP contribution in [0, 0.1) is 0 Å². The SMILES string of the molecule is COc1cc(OC)cc([C@H]2NC(=O)N(C)C3=C2C(=O)N(CCc2ccccn2)C3)c1. The number of carbonyl (C=O) groups excluding carboxylic acids is 2. The average Bonchev–Trinajstić information content (AvgIpc) is 3.11. The van der Waals surface area contributed by atoms with Crippen LogP contribution in [0.25, 0.3) is 0 Å². The number of aromatic nitrogens is 1. The summed E-state index contributed by atoms with van der Waals surface area (Å²) in [6.07, 6.45) is 2.39. The van der Waals surface area contributed by atoms with Gasteiger partial charge in [0.15, 0.2) is 0 Å². The van der Waals surface area contributed by atoms with Gasteiger partial charge >= 0.3 is 6.03 Å². The lowest BCUT2D eigenvalue weighted by Gasteiger charge is -2.31. The van der Waals surface area contributed by atoms with E-state index in [0.29, 0.717) is 36.6 Å². The van der Waals surface area contributed by atoms with Crippen LogP contribution in [-0.4, -0.2) is 61.1 Å². The largest absolute Gasteiger partial charge is 0.497 e. The summed E-state index contributed by atoms with van der Waals surface area (Å²) in [5.74, 6) is 1.11. The van der Waals surface area contributed by atoms with Gasteiger partial charge in [0, 0.05) is 38.0 Å². The van der Waals surface area contributed by atoms with Gasteiger partial charge in [-0.3, -0.25) is 14.7 Å². The van der Waals surface area contributed by atoms with Crippen LogP contribution in [0.15, 0.2) is 53.9 Å². The molecule has 0 saturated heterocycles. The molecule has 8 nitrogen and oxygen atoms in total. The van der Waals surface area contributed by atoms with Crippen molar-refractivity contribution in [3.63, 3.8) is 0 Å². The summed E-state index contributed by atoms with van der Waals surface area (Å²) in [5, 5.41) is 2.94. The molecule has 8 heteroatoms. The van der Waals surface area contributed by atoms with Crippen molar-refractivity contribution in [2.24, 2.45) is 0 Å². The summed E-state index contributed by atoms with van der Waals surface area (Å²) in [4.78, 5) is 33.5. The number of nitrogens with one attached hydrogen (secondary N) is 1. The van der Waals surface area contributed by atoms with E-state index < -0.39 is 6.04 Å². The van der Waals surface area contributed by atoms with E-state index >= 15 is 0 Å². The van der Waals surface area contributed by atoms with Gasteiger partial charge in [-0.05, 0) is 29.8 Å². The second-order valence-corrected chi connectivity index (χ2v) is 7.25. The minimum absolute atomic E-state index is 0.0837. The molecule has 0 unspecified atom stereocenters. The number of urea groups is 1. The third-order valence-electron chi connectivity index (χ3n) is 5.51. The van der Waals surface area contributed by atoms with Gasteiger partial charge in [-0.25, -0.2) is 4.79 Å². The molecule has 0 bridgehead atoms. The molecule has 0 aliphatic carbocycles. The molecule has 2 aliphatic heterocycles. The lowest BCUT2D eigenvalue weighted by Crippen LogP contribution is -2.45. The number of pyridine rings is 1. The first-order chi connectivity index (χ1) is 14.5. The third kappa shape index (κ3) is 3.56. The Bertz CT molecular complexity index is 983. The average molecular weight is 408 g/mol. The molecule has 30 heavy (non-hydrogen) atoms. The molecule has 0 spiro atoms. The number of ether oxygens (including phenoxy) is 2. The second kappa shape index (κ2) is 8.06. The predicted molar refractivity (Wildman–Crippen MR) is 110 cm³/mol. The molecular formula is C22H24N4O4. The highest BCUT2D eigenvalue weighted by molar-refractivity contribution is 6.01. The zero-order valence-electron chi connectivity index (χ0n) is 17.2. The zero-order chi connectivity index (χ0) is 21.3. The van der Waals surface area contributed by atoms with E-state index in [1.165, 1.54) is 4.90 Å². The van der Waals surface area contributed by atoms with Gasteiger partial charge in [-0.1, -0.05) is 6.07 Å². The highest BCUT2D eigenvalue weighted by Gasteiger charge is 2.42. The van der Waals surface area contributed by atoms with Crippen LogP contribution in [0.1, 0.15) is 17.3 Å². The summed E-state index contributed by atoms with van der Waals surface area (Å²) in [6.45, 7) is 0.918. The van der Waals surface area contributed by atoms with Gasteiger partial charge in [0.2, 0.25) is 0 Å². The van der Waals surface area contributed by atoms with E-state index in [4.69, 9.17) is 9.47 Å². The first kappa shape index (κ1) is 19.8. The monoisotopic (exact) mass is 408 g/mol. The molecular weight excluding hydrogens is 384 g/mol. The van der Waals surface area contributed by atoms with Crippen molar-refractivity contribution in [3.8, 4) is 11.5 Å². The van der Waals surface area contributed by atoms with E-state index in [1.807, 2.05) is 30.3 Å². The van der Waals surface area contributed by atoms with Crippen LogP contribution < -0.4 is 14.8 Å². The topological polar surface area (TPSA) is 84.0 Å². The molecule has 4 rings (SSSR count). The van der Waals surface area contributed by atoms with E-state index in [0.717, 1.165) is 17.0 Å². The Morgan fingerprint density at radius 1 is 1.13 bits per heavy atom. The van der Waals surface area contributed by atoms with Crippen LogP contribution in [0.3, 0.4) is 0 Å². The number of rotatable bonds is 6. The van der Waals surface area contributed by atoms with Crippen LogP contribution in [-0.2, 0) is 11.2 Å². The smallest absolute Gasteiger partial charge is 0.322 e. The molecule has 1 aromatic carbocycles. The highest BCUT2D eigenvalue weighted by atomic mass is 16.5. The minimum Gasteiger partial charge on any atom is -0.497 e. The molecule has 0 fully saturated rings. The Kier molecular flexibility index (Phi) is 5.31. The molecule has 2 aliphatic rings. The predicted octanol–water partition coefficient (Wildman–Crippen LogP) is 2.13. The number of carbonyl (C=O) groups is 2. The number of likely N-dealkylation sites (N-methyl/N-ethyl adjacent to an activating group) is 1. The maximum atomic E-state index is 13.3. The normalized spacial score (nSPS) is 18.4. The van der Waals surface area contributed by atoms with E-state index in [1.54, 1.807) is 38.4 Å². The Morgan fingerprint density at radius 3 is 2.50 bits per heavy atom. The summed E-state index contributed by atoms with van der Waals surface area (Å²) in [5.41, 5.74) is 2.96. The van der Waals surface area contributed by atoms with E-state index in [-0.39, 0.29) is 11.9 Å². The van der Waals surface area contributed by atoms with Crippen molar-refractivity contribution in [1.82, 2.24) is 20.1 Å². The molecule has 0 saturated carbocycles. The van der Waals surface area contributed by atoms with Gasteiger partial charge in [-0.15, -0.1) is 0 Å². The maximum Gasteiger partial charge on any atom is 0.322 e. The van der Waals surface area contributed by atoms with Crippen molar-refractivity contribution in [2.45, 2.75) is 12.5 Å².